The Morgan fingerprint density at radius 3 is 2.78 bits per heavy atom. The van der Waals surface area contributed by atoms with Crippen LogP contribution in [0.25, 0.3) is 0 Å². The summed E-state index contributed by atoms with van der Waals surface area (Å²) in [5, 5.41) is 23.7. The number of benzene rings is 1. The summed E-state index contributed by atoms with van der Waals surface area (Å²) in [6.07, 6.45) is 7.52. The standard InChI is InChI=1S/C25H28ClN5O5S/c1-30(15-18-3-2-4-19(26)6-5-18)24(28-25(35)31(17-33)13-11-21(34)16-32)27-20-7-9-22(10-8-20)36-23-12-14-37-29-23/h2,4-10,12,14,17,21,32,34H,3,11,13,15-16H2,1H3,(H,27,28,35)/t21-/m0/s1. The highest BCUT2D eigenvalue weighted by molar-refractivity contribution is 7.03. The van der Waals surface area contributed by atoms with Crippen LogP contribution in [-0.4, -0.2) is 75.6 Å². The lowest BCUT2D eigenvalue weighted by Crippen LogP contribution is -2.48. The summed E-state index contributed by atoms with van der Waals surface area (Å²) in [5.41, 5.74) is 1.57. The highest BCUT2D eigenvalue weighted by Gasteiger charge is 2.19. The van der Waals surface area contributed by atoms with Gasteiger partial charge in [-0.1, -0.05) is 23.8 Å². The van der Waals surface area contributed by atoms with Crippen molar-refractivity contribution >= 4 is 47.2 Å². The summed E-state index contributed by atoms with van der Waals surface area (Å²) in [4.78, 5) is 31.6. The number of urea groups is 1. The van der Waals surface area contributed by atoms with E-state index < -0.39 is 18.7 Å². The average molecular weight is 546 g/mol. The summed E-state index contributed by atoms with van der Waals surface area (Å²) in [7, 11) is 1.76. The number of ether oxygens (including phenoxy) is 1. The molecule has 2 aromatic rings. The normalized spacial score (nSPS) is 14.2. The molecule has 1 atom stereocenters. The molecule has 1 aromatic carbocycles. The van der Waals surface area contributed by atoms with Crippen LogP contribution in [0, 0.1) is 0 Å². The number of guanidine groups is 1. The first-order chi connectivity index (χ1) is 17.9. The van der Waals surface area contributed by atoms with Crippen LogP contribution in [0.3, 0.4) is 0 Å². The molecule has 0 saturated carbocycles. The Bertz CT molecular complexity index is 1160. The van der Waals surface area contributed by atoms with Gasteiger partial charge in [-0.2, -0.15) is 4.37 Å². The number of halogens is 1. The number of aliphatic hydroxyl groups is 2. The Morgan fingerprint density at radius 2 is 2.11 bits per heavy atom. The molecule has 3 N–H and O–H groups in total. The topological polar surface area (TPSA) is 128 Å². The number of likely N-dealkylation sites (N-methyl/N-ethyl adjacent to an activating group) is 1. The summed E-state index contributed by atoms with van der Waals surface area (Å²) in [5.74, 6) is 1.28. The molecule has 1 heterocycles. The van der Waals surface area contributed by atoms with Crippen molar-refractivity contribution in [2.45, 2.75) is 18.9 Å². The minimum atomic E-state index is -1.04. The van der Waals surface area contributed by atoms with Gasteiger partial charge in [-0.25, -0.2) is 9.79 Å². The van der Waals surface area contributed by atoms with Gasteiger partial charge >= 0.3 is 6.03 Å². The third kappa shape index (κ3) is 9.14. The van der Waals surface area contributed by atoms with E-state index in [4.69, 9.17) is 21.4 Å². The highest BCUT2D eigenvalue weighted by atomic mass is 35.5. The molecule has 0 aliphatic heterocycles. The number of aromatic nitrogens is 1. The van der Waals surface area contributed by atoms with E-state index in [1.807, 2.05) is 23.6 Å². The maximum atomic E-state index is 12.9. The minimum absolute atomic E-state index is 0.0394. The molecule has 3 rings (SSSR count). The molecule has 0 radical (unpaired) electrons. The number of nitrogens with zero attached hydrogens (tertiary/aromatic N) is 4. The number of amides is 3. The monoisotopic (exact) mass is 545 g/mol. The number of nitrogens with one attached hydrogen (secondary N) is 1. The summed E-state index contributed by atoms with van der Waals surface area (Å²) in [6, 6.07) is 7.97. The van der Waals surface area contributed by atoms with E-state index in [1.165, 1.54) is 11.5 Å². The Balaban J connectivity index is 1.79. The van der Waals surface area contributed by atoms with Gasteiger partial charge in [0.25, 0.3) is 0 Å². The van der Waals surface area contributed by atoms with Crippen molar-refractivity contribution in [3.8, 4) is 11.6 Å². The van der Waals surface area contributed by atoms with Crippen LogP contribution >= 0.6 is 23.1 Å². The largest absolute Gasteiger partial charge is 0.438 e. The highest BCUT2D eigenvalue weighted by Crippen LogP contribution is 2.24. The van der Waals surface area contributed by atoms with Gasteiger partial charge in [0.05, 0.1) is 18.4 Å². The van der Waals surface area contributed by atoms with E-state index in [9.17, 15) is 14.7 Å². The lowest BCUT2D eigenvalue weighted by molar-refractivity contribution is -0.115. The molecule has 0 saturated heterocycles. The molecular weight excluding hydrogens is 518 g/mol. The van der Waals surface area contributed by atoms with Gasteiger partial charge in [-0.05, 0) is 66.4 Å². The average Bonchev–Trinajstić information content (AvgIpc) is 3.32. The lowest BCUT2D eigenvalue weighted by atomic mass is 10.1. The summed E-state index contributed by atoms with van der Waals surface area (Å²) < 4.78 is 9.78. The van der Waals surface area contributed by atoms with Gasteiger partial charge in [0, 0.05) is 36.6 Å². The van der Waals surface area contributed by atoms with Gasteiger partial charge < -0.3 is 19.8 Å². The van der Waals surface area contributed by atoms with Gasteiger partial charge in [0.15, 0.2) is 0 Å². The maximum absolute atomic E-state index is 12.9. The van der Waals surface area contributed by atoms with Gasteiger partial charge in [-0.3, -0.25) is 15.0 Å². The molecule has 3 amide bonds. The molecule has 0 spiro atoms. The molecule has 0 unspecified atom stereocenters. The Hall–Kier alpha value is -3.51. The van der Waals surface area contributed by atoms with Crippen molar-refractivity contribution < 1.29 is 24.5 Å². The Labute approximate surface area is 224 Å². The molecular formula is C25H28ClN5O5S. The van der Waals surface area contributed by atoms with E-state index in [0.717, 1.165) is 10.5 Å². The van der Waals surface area contributed by atoms with Gasteiger partial charge in [-0.15, -0.1) is 0 Å². The number of hydrogen-bond acceptors (Lipinski definition) is 8. The number of aliphatic hydroxyl groups excluding tert-OH is 2. The predicted molar refractivity (Wildman–Crippen MR) is 143 cm³/mol. The number of aliphatic imine (C=N–C) groups is 1. The van der Waals surface area contributed by atoms with Gasteiger partial charge in [0.2, 0.25) is 18.2 Å². The van der Waals surface area contributed by atoms with Crippen LogP contribution < -0.4 is 10.1 Å². The first-order valence-electron chi connectivity index (χ1n) is 11.4. The molecule has 0 fully saturated rings. The van der Waals surface area contributed by atoms with Crippen molar-refractivity contribution in [2.24, 2.45) is 4.99 Å². The van der Waals surface area contributed by atoms with Crippen molar-refractivity contribution in [3.05, 3.63) is 70.6 Å². The fourth-order valence-electron chi connectivity index (χ4n) is 3.18. The number of rotatable bonds is 10. The number of allylic oxidation sites excluding steroid dienone is 5. The predicted octanol–water partition coefficient (Wildman–Crippen LogP) is 3.78. The van der Waals surface area contributed by atoms with Crippen LogP contribution in [0.5, 0.6) is 11.6 Å². The second-order valence-electron chi connectivity index (χ2n) is 8.06. The van der Waals surface area contributed by atoms with E-state index in [-0.39, 0.29) is 18.9 Å². The quantitative estimate of drug-likeness (QED) is 0.235. The van der Waals surface area contributed by atoms with Crippen molar-refractivity contribution in [1.29, 1.82) is 0 Å². The van der Waals surface area contributed by atoms with Crippen LogP contribution in [-0.2, 0) is 4.79 Å². The van der Waals surface area contributed by atoms with E-state index in [2.05, 4.69) is 14.7 Å². The molecule has 196 valence electrons. The molecule has 12 heteroatoms. The smallest absolute Gasteiger partial charge is 0.330 e. The minimum Gasteiger partial charge on any atom is -0.438 e. The zero-order valence-electron chi connectivity index (χ0n) is 20.2. The molecule has 1 aliphatic carbocycles. The third-order valence-corrected chi connectivity index (χ3v) is 5.96. The maximum Gasteiger partial charge on any atom is 0.330 e. The SMILES string of the molecule is CN(CC1=CC=C(Cl)C=CC1)C(=Nc1ccc(Oc2ccsn2)cc1)NC(=O)N(C=O)CC[C@H](O)CO. The lowest BCUT2D eigenvalue weighted by Gasteiger charge is -2.25. The number of carbonyl (C=O) groups is 2. The second-order valence-corrected chi connectivity index (χ2v) is 9.16. The summed E-state index contributed by atoms with van der Waals surface area (Å²) in [6.45, 7) is -0.108. The number of imide groups is 1. The van der Waals surface area contributed by atoms with E-state index in [1.54, 1.807) is 48.4 Å². The zero-order valence-corrected chi connectivity index (χ0v) is 21.7. The van der Waals surface area contributed by atoms with Crippen LogP contribution in [0.15, 0.2) is 75.6 Å². The Kier molecular flexibility index (Phi) is 10.8. The first kappa shape index (κ1) is 28.1. The zero-order chi connectivity index (χ0) is 26.6. The fraction of sp³-hybridized carbons (Fsp3) is 0.280. The molecule has 37 heavy (non-hydrogen) atoms. The van der Waals surface area contributed by atoms with Crippen LogP contribution in [0.1, 0.15) is 12.8 Å². The van der Waals surface area contributed by atoms with Crippen LogP contribution in [0.4, 0.5) is 10.5 Å². The summed E-state index contributed by atoms with van der Waals surface area (Å²) >= 11 is 7.37. The number of carbonyl (C=O) groups excluding carboxylic acids is 2. The van der Waals surface area contributed by atoms with E-state index >= 15 is 0 Å². The first-order valence-corrected chi connectivity index (χ1v) is 12.6. The van der Waals surface area contributed by atoms with Crippen molar-refractivity contribution in [2.75, 3.05) is 26.7 Å². The van der Waals surface area contributed by atoms with Crippen LogP contribution in [0.2, 0.25) is 0 Å². The number of hydrogen-bond donors (Lipinski definition) is 3. The molecule has 1 aliphatic rings. The van der Waals surface area contributed by atoms with Crippen molar-refractivity contribution in [1.82, 2.24) is 19.5 Å². The second kappa shape index (κ2) is 14.3. The van der Waals surface area contributed by atoms with Crippen molar-refractivity contribution in [3.63, 3.8) is 0 Å². The van der Waals surface area contributed by atoms with Gasteiger partial charge in [0.1, 0.15) is 5.75 Å². The Morgan fingerprint density at radius 1 is 1.32 bits per heavy atom. The third-order valence-electron chi connectivity index (χ3n) is 5.17. The molecule has 0 bridgehead atoms. The molecule has 10 nitrogen and oxygen atoms in total. The van der Waals surface area contributed by atoms with E-state index in [0.29, 0.717) is 41.7 Å². The fourth-order valence-corrected chi connectivity index (χ4v) is 3.78. The molecule has 1 aromatic heterocycles.